The lowest BCUT2D eigenvalue weighted by atomic mass is 10.2. The Hall–Kier alpha value is -2.70. The molecule has 7 heteroatoms. The quantitative estimate of drug-likeness (QED) is 0.423. The molecule has 148 valence electrons. The molecule has 2 rings (SSSR count). The van der Waals surface area contributed by atoms with Crippen molar-refractivity contribution >= 4 is 16.9 Å². The standard InChI is InChI=1S/C20H26O7/c1-2-3-4-6-13-26-19-17(23)14-9-8-10-15(18(14)27-20(19)24)25-12-7-5-11-16(21)22/h8-10,23H,2-7,11-13H2,1H3,(H,21,22). The number of unbranched alkanes of at least 4 members (excludes halogenated alkanes) is 4. The monoisotopic (exact) mass is 378 g/mol. The Morgan fingerprint density at radius 1 is 1.07 bits per heavy atom. The number of carbonyl (C=O) groups is 1. The van der Waals surface area contributed by atoms with Gasteiger partial charge >= 0.3 is 11.6 Å². The van der Waals surface area contributed by atoms with Crippen molar-refractivity contribution in [1.29, 1.82) is 0 Å². The van der Waals surface area contributed by atoms with Gasteiger partial charge in [0.05, 0.1) is 18.6 Å². The summed E-state index contributed by atoms with van der Waals surface area (Å²) in [5.74, 6) is -0.964. The van der Waals surface area contributed by atoms with Crippen LogP contribution < -0.4 is 15.1 Å². The molecule has 0 aliphatic heterocycles. The number of hydrogen-bond acceptors (Lipinski definition) is 6. The topological polar surface area (TPSA) is 106 Å². The number of hydrogen-bond donors (Lipinski definition) is 2. The number of rotatable bonds is 12. The molecule has 0 saturated carbocycles. The van der Waals surface area contributed by atoms with Crippen molar-refractivity contribution in [3.63, 3.8) is 0 Å². The first-order valence-corrected chi connectivity index (χ1v) is 9.30. The lowest BCUT2D eigenvalue weighted by Crippen LogP contribution is -2.09. The summed E-state index contributed by atoms with van der Waals surface area (Å²) in [7, 11) is 0. The van der Waals surface area contributed by atoms with E-state index in [1.807, 2.05) is 0 Å². The van der Waals surface area contributed by atoms with Crippen LogP contribution in [0.15, 0.2) is 27.4 Å². The number of para-hydroxylation sites is 1. The van der Waals surface area contributed by atoms with E-state index in [1.54, 1.807) is 18.2 Å². The van der Waals surface area contributed by atoms with Crippen LogP contribution in [0.25, 0.3) is 11.0 Å². The van der Waals surface area contributed by atoms with Crippen LogP contribution in [-0.4, -0.2) is 29.4 Å². The largest absolute Gasteiger partial charge is 0.504 e. The van der Waals surface area contributed by atoms with E-state index in [1.165, 1.54) is 0 Å². The van der Waals surface area contributed by atoms with E-state index < -0.39 is 11.6 Å². The molecule has 0 amide bonds. The fourth-order valence-corrected chi connectivity index (χ4v) is 2.67. The summed E-state index contributed by atoms with van der Waals surface area (Å²) in [6, 6.07) is 4.93. The summed E-state index contributed by atoms with van der Waals surface area (Å²) in [6.07, 6.45) is 5.11. The minimum atomic E-state index is -0.849. The van der Waals surface area contributed by atoms with Crippen molar-refractivity contribution in [1.82, 2.24) is 0 Å². The van der Waals surface area contributed by atoms with Crippen LogP contribution in [0, 0.1) is 0 Å². The van der Waals surface area contributed by atoms with Gasteiger partial charge in [0.15, 0.2) is 17.1 Å². The van der Waals surface area contributed by atoms with Gasteiger partial charge < -0.3 is 24.1 Å². The van der Waals surface area contributed by atoms with Gasteiger partial charge in [0, 0.05) is 6.42 Å². The van der Waals surface area contributed by atoms with Gasteiger partial charge in [-0.1, -0.05) is 32.3 Å². The molecule has 0 radical (unpaired) electrons. The summed E-state index contributed by atoms with van der Waals surface area (Å²) in [4.78, 5) is 22.7. The predicted octanol–water partition coefficient (Wildman–Crippen LogP) is 4.09. The number of aliphatic carboxylic acids is 1. The zero-order valence-corrected chi connectivity index (χ0v) is 15.5. The van der Waals surface area contributed by atoms with Crippen LogP contribution in [0.1, 0.15) is 51.9 Å². The second kappa shape index (κ2) is 10.4. The number of carboxylic acids is 1. The van der Waals surface area contributed by atoms with E-state index >= 15 is 0 Å². The molecule has 1 aromatic carbocycles. The van der Waals surface area contributed by atoms with Crippen LogP contribution in [0.4, 0.5) is 0 Å². The average molecular weight is 378 g/mol. The van der Waals surface area contributed by atoms with Crippen LogP contribution in [0.2, 0.25) is 0 Å². The number of carboxylic acid groups (broad SMARTS) is 1. The predicted molar refractivity (Wildman–Crippen MR) is 101 cm³/mol. The molecular weight excluding hydrogens is 352 g/mol. The molecule has 0 atom stereocenters. The Morgan fingerprint density at radius 3 is 2.56 bits per heavy atom. The summed E-state index contributed by atoms with van der Waals surface area (Å²) >= 11 is 0. The van der Waals surface area contributed by atoms with Gasteiger partial charge in [-0.25, -0.2) is 4.79 Å². The molecule has 0 fully saturated rings. The number of fused-ring (bicyclic) bond motifs is 1. The van der Waals surface area contributed by atoms with Gasteiger partial charge in [0.1, 0.15) is 0 Å². The molecule has 2 N–H and O–H groups in total. The minimum absolute atomic E-state index is 0.0771. The normalized spacial score (nSPS) is 10.9. The molecule has 0 saturated heterocycles. The van der Waals surface area contributed by atoms with E-state index in [0.717, 1.165) is 25.7 Å². The average Bonchev–Trinajstić information content (AvgIpc) is 2.64. The smallest absolute Gasteiger partial charge is 0.383 e. The number of ether oxygens (including phenoxy) is 2. The first-order chi connectivity index (χ1) is 13.0. The van der Waals surface area contributed by atoms with Gasteiger partial charge in [-0.2, -0.15) is 0 Å². The number of aromatic hydroxyl groups is 1. The van der Waals surface area contributed by atoms with Crippen LogP contribution >= 0.6 is 0 Å². The van der Waals surface area contributed by atoms with E-state index in [2.05, 4.69) is 6.92 Å². The minimum Gasteiger partial charge on any atom is -0.504 e. The lowest BCUT2D eigenvalue weighted by Gasteiger charge is -2.11. The third kappa shape index (κ3) is 5.91. The highest BCUT2D eigenvalue weighted by Gasteiger charge is 2.18. The van der Waals surface area contributed by atoms with Crippen molar-refractivity contribution in [2.45, 2.75) is 51.9 Å². The Labute approximate surface area is 157 Å². The highest BCUT2D eigenvalue weighted by molar-refractivity contribution is 5.89. The second-order valence-electron chi connectivity index (χ2n) is 6.31. The first kappa shape index (κ1) is 20.6. The van der Waals surface area contributed by atoms with Crippen LogP contribution in [-0.2, 0) is 4.79 Å². The Kier molecular flexibility index (Phi) is 7.98. The van der Waals surface area contributed by atoms with Gasteiger partial charge in [-0.05, 0) is 31.4 Å². The lowest BCUT2D eigenvalue weighted by molar-refractivity contribution is -0.137. The zero-order valence-electron chi connectivity index (χ0n) is 15.5. The molecule has 1 aromatic heterocycles. The van der Waals surface area contributed by atoms with Gasteiger partial charge in [0.25, 0.3) is 0 Å². The molecule has 1 heterocycles. The van der Waals surface area contributed by atoms with Gasteiger partial charge in [-0.3, -0.25) is 4.79 Å². The highest BCUT2D eigenvalue weighted by atomic mass is 16.5. The SMILES string of the molecule is CCCCCCOc1c(O)c2cccc(OCCCCC(=O)O)c2oc1=O. The zero-order chi connectivity index (χ0) is 19.6. The molecule has 0 aliphatic rings. The molecule has 7 nitrogen and oxygen atoms in total. The van der Waals surface area contributed by atoms with E-state index in [-0.39, 0.29) is 30.1 Å². The van der Waals surface area contributed by atoms with Gasteiger partial charge in [0.2, 0.25) is 5.75 Å². The van der Waals surface area contributed by atoms with Crippen molar-refractivity contribution in [3.8, 4) is 17.2 Å². The maximum atomic E-state index is 12.2. The van der Waals surface area contributed by atoms with Crippen molar-refractivity contribution in [3.05, 3.63) is 28.6 Å². The van der Waals surface area contributed by atoms with E-state index in [9.17, 15) is 14.7 Å². The van der Waals surface area contributed by atoms with Crippen molar-refractivity contribution in [2.24, 2.45) is 0 Å². The third-order valence-corrected chi connectivity index (χ3v) is 4.12. The second-order valence-corrected chi connectivity index (χ2v) is 6.31. The molecule has 0 aliphatic carbocycles. The fourth-order valence-electron chi connectivity index (χ4n) is 2.67. The Bertz CT molecular complexity index is 810. The van der Waals surface area contributed by atoms with Crippen molar-refractivity contribution < 1.29 is 28.9 Å². The summed E-state index contributed by atoms with van der Waals surface area (Å²) in [5.41, 5.74) is -0.603. The Balaban J connectivity index is 2.09. The molecule has 0 bridgehead atoms. The maximum Gasteiger partial charge on any atom is 0.383 e. The molecule has 2 aromatic rings. The summed E-state index contributed by atoms with van der Waals surface area (Å²) in [5, 5.41) is 19.4. The van der Waals surface area contributed by atoms with Gasteiger partial charge in [-0.15, -0.1) is 0 Å². The molecule has 0 spiro atoms. The first-order valence-electron chi connectivity index (χ1n) is 9.30. The van der Waals surface area contributed by atoms with E-state index in [0.29, 0.717) is 30.6 Å². The highest BCUT2D eigenvalue weighted by Crippen LogP contribution is 2.35. The van der Waals surface area contributed by atoms with Crippen LogP contribution in [0.3, 0.4) is 0 Å². The fraction of sp³-hybridized carbons (Fsp3) is 0.500. The van der Waals surface area contributed by atoms with Crippen LogP contribution in [0.5, 0.6) is 17.2 Å². The molecule has 27 heavy (non-hydrogen) atoms. The Morgan fingerprint density at radius 2 is 1.81 bits per heavy atom. The van der Waals surface area contributed by atoms with Crippen molar-refractivity contribution in [2.75, 3.05) is 13.2 Å². The maximum absolute atomic E-state index is 12.2. The van der Waals surface area contributed by atoms with E-state index in [4.69, 9.17) is 19.0 Å². The third-order valence-electron chi connectivity index (χ3n) is 4.12. The molecule has 0 unspecified atom stereocenters. The number of benzene rings is 1. The summed E-state index contributed by atoms with van der Waals surface area (Å²) < 4.78 is 16.4. The molecular formula is C20H26O7. The summed E-state index contributed by atoms with van der Waals surface area (Å²) in [6.45, 7) is 2.73.